The minimum absolute atomic E-state index is 0.129. The predicted octanol–water partition coefficient (Wildman–Crippen LogP) is 2.69. The Hall–Kier alpha value is -1.61. The van der Waals surface area contributed by atoms with E-state index in [-0.39, 0.29) is 5.41 Å². The maximum Gasteiger partial charge on any atom is 0.230 e. The fourth-order valence-electron chi connectivity index (χ4n) is 3.81. The van der Waals surface area contributed by atoms with Gasteiger partial charge in [-0.05, 0) is 31.4 Å². The number of hydrogen-bond donors (Lipinski definition) is 0. The summed E-state index contributed by atoms with van der Waals surface area (Å²) in [5.74, 6) is 0.347. The van der Waals surface area contributed by atoms with Crippen molar-refractivity contribution in [2.24, 2.45) is 5.41 Å². The van der Waals surface area contributed by atoms with Crippen molar-refractivity contribution in [1.29, 1.82) is 0 Å². The average molecular weight is 284 g/mol. The highest BCUT2D eigenvalue weighted by atomic mass is 16.2. The molecule has 3 nitrogen and oxygen atoms in total. The zero-order chi connectivity index (χ0) is 14.7. The molecule has 1 aromatic carbocycles. The Bertz CT molecular complexity index is 513. The first-order valence-electron chi connectivity index (χ1n) is 7.90. The molecule has 1 unspecified atom stereocenters. The molecule has 0 saturated carbocycles. The van der Waals surface area contributed by atoms with E-state index >= 15 is 0 Å². The van der Waals surface area contributed by atoms with Gasteiger partial charge in [0.25, 0.3) is 0 Å². The van der Waals surface area contributed by atoms with Gasteiger partial charge in [-0.15, -0.1) is 6.58 Å². The Balaban J connectivity index is 1.68. The van der Waals surface area contributed by atoms with Gasteiger partial charge in [0.05, 0.1) is 5.41 Å². The van der Waals surface area contributed by atoms with Crippen molar-refractivity contribution in [3.63, 3.8) is 0 Å². The number of carbonyl (C=O) groups is 1. The topological polar surface area (TPSA) is 23.6 Å². The van der Waals surface area contributed by atoms with Crippen LogP contribution in [0.2, 0.25) is 0 Å². The summed E-state index contributed by atoms with van der Waals surface area (Å²) >= 11 is 0. The van der Waals surface area contributed by atoms with Crippen LogP contribution in [-0.4, -0.2) is 41.9 Å². The van der Waals surface area contributed by atoms with Crippen LogP contribution in [0.1, 0.15) is 24.8 Å². The lowest BCUT2D eigenvalue weighted by atomic mass is 9.78. The molecule has 1 atom stereocenters. The third-order valence-corrected chi connectivity index (χ3v) is 4.86. The van der Waals surface area contributed by atoms with Crippen molar-refractivity contribution in [1.82, 2.24) is 9.80 Å². The highest BCUT2D eigenvalue weighted by Crippen LogP contribution is 2.40. The van der Waals surface area contributed by atoms with Crippen LogP contribution in [0, 0.1) is 5.41 Å². The monoisotopic (exact) mass is 284 g/mol. The molecule has 2 saturated heterocycles. The molecule has 2 fully saturated rings. The van der Waals surface area contributed by atoms with Gasteiger partial charge in [-0.1, -0.05) is 36.4 Å². The molecular formula is C18H24N2O. The number of benzene rings is 1. The average Bonchev–Trinajstić information content (AvgIpc) is 2.78. The molecule has 2 heterocycles. The number of amides is 1. The lowest BCUT2D eigenvalue weighted by Gasteiger charge is -2.39. The fraction of sp³-hybridized carbons (Fsp3) is 0.500. The highest BCUT2D eigenvalue weighted by Gasteiger charge is 2.48. The van der Waals surface area contributed by atoms with Crippen molar-refractivity contribution in [3.05, 3.63) is 48.6 Å². The van der Waals surface area contributed by atoms with Crippen molar-refractivity contribution in [2.45, 2.75) is 25.8 Å². The molecule has 2 aliphatic heterocycles. The first-order valence-corrected chi connectivity index (χ1v) is 7.90. The van der Waals surface area contributed by atoms with Gasteiger partial charge < -0.3 is 4.90 Å². The third kappa shape index (κ3) is 2.88. The molecule has 0 radical (unpaired) electrons. The second kappa shape index (κ2) is 6.02. The van der Waals surface area contributed by atoms with E-state index in [1.807, 2.05) is 11.0 Å². The SMILES string of the molecule is C=CCN1CCC2(CCCN(Cc3ccccc3)C2)C1=O. The summed E-state index contributed by atoms with van der Waals surface area (Å²) in [6, 6.07) is 10.6. The Morgan fingerprint density at radius 2 is 2.00 bits per heavy atom. The third-order valence-electron chi connectivity index (χ3n) is 4.86. The van der Waals surface area contributed by atoms with E-state index in [4.69, 9.17) is 0 Å². The van der Waals surface area contributed by atoms with E-state index in [0.29, 0.717) is 12.5 Å². The van der Waals surface area contributed by atoms with E-state index in [9.17, 15) is 4.79 Å². The Morgan fingerprint density at radius 3 is 2.76 bits per heavy atom. The molecule has 1 amide bonds. The van der Waals surface area contributed by atoms with Crippen molar-refractivity contribution >= 4 is 5.91 Å². The molecule has 2 aliphatic rings. The summed E-state index contributed by atoms with van der Waals surface area (Å²) in [4.78, 5) is 17.1. The minimum Gasteiger partial charge on any atom is -0.338 e. The summed E-state index contributed by atoms with van der Waals surface area (Å²) < 4.78 is 0. The second-order valence-electron chi connectivity index (χ2n) is 6.37. The van der Waals surface area contributed by atoms with E-state index < -0.39 is 0 Å². The molecule has 0 aliphatic carbocycles. The zero-order valence-electron chi connectivity index (χ0n) is 12.6. The van der Waals surface area contributed by atoms with Gasteiger partial charge in [-0.25, -0.2) is 0 Å². The number of nitrogens with zero attached hydrogens (tertiary/aromatic N) is 2. The van der Waals surface area contributed by atoms with E-state index in [1.165, 1.54) is 5.56 Å². The Labute approximate surface area is 127 Å². The van der Waals surface area contributed by atoms with E-state index in [0.717, 1.165) is 45.4 Å². The van der Waals surface area contributed by atoms with Gasteiger partial charge >= 0.3 is 0 Å². The highest BCUT2D eigenvalue weighted by molar-refractivity contribution is 5.85. The van der Waals surface area contributed by atoms with Crippen molar-refractivity contribution in [2.75, 3.05) is 26.2 Å². The lowest BCUT2D eigenvalue weighted by Crippen LogP contribution is -2.47. The maximum atomic E-state index is 12.7. The quantitative estimate of drug-likeness (QED) is 0.794. The number of hydrogen-bond acceptors (Lipinski definition) is 2. The summed E-state index contributed by atoms with van der Waals surface area (Å²) in [6.45, 7) is 8.31. The molecule has 1 spiro atoms. The van der Waals surface area contributed by atoms with Crippen LogP contribution in [-0.2, 0) is 11.3 Å². The van der Waals surface area contributed by atoms with Crippen LogP contribution >= 0.6 is 0 Å². The molecular weight excluding hydrogens is 260 g/mol. The van der Waals surface area contributed by atoms with Gasteiger partial charge in [-0.3, -0.25) is 9.69 Å². The molecule has 0 aromatic heterocycles. The number of carbonyl (C=O) groups excluding carboxylic acids is 1. The van der Waals surface area contributed by atoms with Crippen molar-refractivity contribution < 1.29 is 4.79 Å². The molecule has 3 heteroatoms. The van der Waals surface area contributed by atoms with Gasteiger partial charge in [0.2, 0.25) is 5.91 Å². The maximum absolute atomic E-state index is 12.7. The smallest absolute Gasteiger partial charge is 0.230 e. The van der Waals surface area contributed by atoms with E-state index in [2.05, 4.69) is 41.8 Å². The molecule has 0 bridgehead atoms. The Kier molecular flexibility index (Phi) is 4.11. The van der Waals surface area contributed by atoms with Crippen LogP contribution in [0.15, 0.2) is 43.0 Å². The largest absolute Gasteiger partial charge is 0.338 e. The molecule has 21 heavy (non-hydrogen) atoms. The van der Waals surface area contributed by atoms with Gasteiger partial charge in [0, 0.05) is 26.2 Å². The Morgan fingerprint density at radius 1 is 1.19 bits per heavy atom. The van der Waals surface area contributed by atoms with E-state index in [1.54, 1.807) is 0 Å². The number of likely N-dealkylation sites (tertiary alicyclic amines) is 2. The minimum atomic E-state index is -0.129. The van der Waals surface area contributed by atoms with Crippen LogP contribution in [0.25, 0.3) is 0 Å². The fourth-order valence-corrected chi connectivity index (χ4v) is 3.81. The molecule has 112 valence electrons. The molecule has 1 aromatic rings. The molecule has 3 rings (SSSR count). The zero-order valence-corrected chi connectivity index (χ0v) is 12.6. The van der Waals surface area contributed by atoms with Crippen LogP contribution in [0.3, 0.4) is 0 Å². The van der Waals surface area contributed by atoms with Gasteiger partial charge in [-0.2, -0.15) is 0 Å². The second-order valence-corrected chi connectivity index (χ2v) is 6.37. The summed E-state index contributed by atoms with van der Waals surface area (Å²) in [6.07, 6.45) is 5.01. The van der Waals surface area contributed by atoms with Crippen LogP contribution in [0.4, 0.5) is 0 Å². The number of piperidine rings is 1. The van der Waals surface area contributed by atoms with Gasteiger partial charge in [0.1, 0.15) is 0 Å². The normalized spacial score (nSPS) is 26.5. The lowest BCUT2D eigenvalue weighted by molar-refractivity contribution is -0.138. The first-order chi connectivity index (χ1) is 10.2. The van der Waals surface area contributed by atoms with Gasteiger partial charge in [0.15, 0.2) is 0 Å². The number of rotatable bonds is 4. The van der Waals surface area contributed by atoms with Crippen molar-refractivity contribution in [3.8, 4) is 0 Å². The standard InChI is InChI=1S/C18H24N2O/c1-2-11-20-13-10-18(17(20)21)9-6-12-19(15-18)14-16-7-4-3-5-8-16/h2-5,7-8H,1,6,9-15H2. The summed E-state index contributed by atoms with van der Waals surface area (Å²) in [5.41, 5.74) is 1.21. The van der Waals surface area contributed by atoms with Crippen LogP contribution in [0.5, 0.6) is 0 Å². The molecule has 0 N–H and O–H groups in total. The first kappa shape index (κ1) is 14.3. The predicted molar refractivity (Wildman–Crippen MR) is 84.8 cm³/mol. The summed E-state index contributed by atoms with van der Waals surface area (Å²) in [7, 11) is 0. The summed E-state index contributed by atoms with van der Waals surface area (Å²) in [5, 5.41) is 0. The van der Waals surface area contributed by atoms with Crippen LogP contribution < -0.4 is 0 Å².